The third kappa shape index (κ3) is 3.12. The number of aliphatic carboxylic acids is 1. The molecule has 2 rings (SSSR count). The molecule has 1 amide bonds. The molecule has 2 unspecified atom stereocenters. The second-order valence-electron chi connectivity index (χ2n) is 4.72. The summed E-state index contributed by atoms with van der Waals surface area (Å²) in [6.07, 6.45) is 1.72. The van der Waals surface area contributed by atoms with Gasteiger partial charge in [0.05, 0.1) is 22.5 Å². The van der Waals surface area contributed by atoms with Gasteiger partial charge < -0.3 is 10.4 Å². The Hall–Kier alpha value is -1.14. The molecule has 1 aromatic rings. The summed E-state index contributed by atoms with van der Waals surface area (Å²) < 4.78 is 13.4. The fraction of sp³-hybridized carbons (Fsp3) is 0.385. The second kappa shape index (κ2) is 6.10. The summed E-state index contributed by atoms with van der Waals surface area (Å²) in [7, 11) is 0. The zero-order valence-electron chi connectivity index (χ0n) is 10.3. The first-order valence-corrected chi connectivity index (χ1v) is 7.25. The van der Waals surface area contributed by atoms with Crippen molar-refractivity contribution in [2.75, 3.05) is 5.32 Å². The first kappa shape index (κ1) is 15.3. The molecule has 1 fully saturated rings. The number of halogens is 3. The van der Waals surface area contributed by atoms with E-state index in [2.05, 4.69) is 21.2 Å². The van der Waals surface area contributed by atoms with Crippen LogP contribution >= 0.6 is 27.5 Å². The fourth-order valence-corrected chi connectivity index (χ4v) is 3.35. The van der Waals surface area contributed by atoms with E-state index in [1.54, 1.807) is 0 Å². The molecule has 1 aromatic carbocycles. The lowest BCUT2D eigenvalue weighted by atomic mass is 9.95. The summed E-state index contributed by atoms with van der Waals surface area (Å²) in [5.41, 5.74) is 0.258. The van der Waals surface area contributed by atoms with Crippen LogP contribution in [0.2, 0.25) is 5.02 Å². The van der Waals surface area contributed by atoms with Crippen molar-refractivity contribution in [2.45, 2.75) is 19.3 Å². The van der Waals surface area contributed by atoms with E-state index in [1.165, 1.54) is 6.07 Å². The van der Waals surface area contributed by atoms with E-state index in [-0.39, 0.29) is 10.7 Å². The van der Waals surface area contributed by atoms with Crippen molar-refractivity contribution in [2.24, 2.45) is 11.8 Å². The highest BCUT2D eigenvalue weighted by Gasteiger charge is 2.38. The van der Waals surface area contributed by atoms with Crippen molar-refractivity contribution in [3.63, 3.8) is 0 Å². The lowest BCUT2D eigenvalue weighted by molar-refractivity contribution is -0.145. The van der Waals surface area contributed by atoms with Crippen molar-refractivity contribution in [3.05, 3.63) is 27.4 Å². The fourth-order valence-electron chi connectivity index (χ4n) is 2.45. The number of carbonyl (C=O) groups excluding carboxylic acids is 1. The lowest BCUT2D eigenvalue weighted by Crippen LogP contribution is -2.30. The van der Waals surface area contributed by atoms with Gasteiger partial charge in [-0.25, -0.2) is 4.39 Å². The van der Waals surface area contributed by atoms with Crippen molar-refractivity contribution in [1.82, 2.24) is 0 Å². The lowest BCUT2D eigenvalue weighted by Gasteiger charge is -2.17. The summed E-state index contributed by atoms with van der Waals surface area (Å²) >= 11 is 9.01. The molecule has 2 N–H and O–H groups in total. The number of nitrogens with one attached hydrogen (secondary N) is 1. The Kier molecular flexibility index (Phi) is 4.65. The number of carboxylic acids is 1. The number of rotatable bonds is 3. The quantitative estimate of drug-likeness (QED) is 0.860. The Morgan fingerprint density at radius 3 is 2.60 bits per heavy atom. The molecule has 108 valence electrons. The Morgan fingerprint density at radius 1 is 1.35 bits per heavy atom. The molecular formula is C13H12BrClFNO3. The monoisotopic (exact) mass is 363 g/mol. The first-order chi connectivity index (χ1) is 9.40. The van der Waals surface area contributed by atoms with Crippen LogP contribution in [0.4, 0.5) is 10.1 Å². The van der Waals surface area contributed by atoms with Gasteiger partial charge in [0.1, 0.15) is 5.82 Å². The molecule has 0 aromatic heterocycles. The molecule has 1 aliphatic carbocycles. The van der Waals surface area contributed by atoms with Gasteiger partial charge in [0.2, 0.25) is 5.91 Å². The highest BCUT2D eigenvalue weighted by molar-refractivity contribution is 9.10. The molecule has 0 aliphatic heterocycles. The maximum absolute atomic E-state index is 13.1. The van der Waals surface area contributed by atoms with Gasteiger partial charge in [-0.05, 0) is 40.9 Å². The molecule has 4 nitrogen and oxygen atoms in total. The molecule has 7 heteroatoms. The van der Waals surface area contributed by atoms with Crippen molar-refractivity contribution >= 4 is 45.1 Å². The van der Waals surface area contributed by atoms with Crippen molar-refractivity contribution in [1.29, 1.82) is 0 Å². The van der Waals surface area contributed by atoms with Crippen LogP contribution in [0.15, 0.2) is 16.6 Å². The van der Waals surface area contributed by atoms with E-state index in [4.69, 9.17) is 16.7 Å². The van der Waals surface area contributed by atoms with E-state index in [0.717, 1.165) is 6.07 Å². The maximum atomic E-state index is 13.1. The van der Waals surface area contributed by atoms with Crippen LogP contribution in [-0.4, -0.2) is 17.0 Å². The SMILES string of the molecule is O=C(O)C1CCCC1C(=O)Nc1c(Cl)cc(F)cc1Br. The first-order valence-electron chi connectivity index (χ1n) is 6.08. The van der Waals surface area contributed by atoms with E-state index in [0.29, 0.717) is 23.7 Å². The van der Waals surface area contributed by atoms with Crippen LogP contribution < -0.4 is 5.32 Å². The van der Waals surface area contributed by atoms with Crippen molar-refractivity contribution in [3.8, 4) is 0 Å². The van der Waals surface area contributed by atoms with E-state index < -0.39 is 29.5 Å². The molecule has 0 spiro atoms. The van der Waals surface area contributed by atoms with Gasteiger partial charge in [-0.1, -0.05) is 18.0 Å². The summed E-state index contributed by atoms with van der Waals surface area (Å²) in [5, 5.41) is 11.7. The van der Waals surface area contributed by atoms with Gasteiger partial charge in [-0.15, -0.1) is 0 Å². The van der Waals surface area contributed by atoms with Crippen molar-refractivity contribution < 1.29 is 19.1 Å². The number of anilines is 1. The van der Waals surface area contributed by atoms with Crippen LogP contribution in [0.25, 0.3) is 0 Å². The van der Waals surface area contributed by atoms with Crippen LogP contribution in [0.3, 0.4) is 0 Å². The number of carboxylic acid groups (broad SMARTS) is 1. The molecule has 1 aliphatic rings. The normalized spacial score (nSPS) is 21.8. The van der Waals surface area contributed by atoms with Gasteiger partial charge in [0.15, 0.2) is 0 Å². The van der Waals surface area contributed by atoms with Crippen LogP contribution in [0, 0.1) is 17.7 Å². The number of carbonyl (C=O) groups is 2. The summed E-state index contributed by atoms with van der Waals surface area (Å²) in [6, 6.07) is 2.27. The van der Waals surface area contributed by atoms with Gasteiger partial charge in [-0.3, -0.25) is 9.59 Å². The highest BCUT2D eigenvalue weighted by Crippen LogP contribution is 2.36. The molecule has 0 saturated heterocycles. The average Bonchev–Trinajstić information content (AvgIpc) is 2.82. The smallest absolute Gasteiger partial charge is 0.307 e. The number of benzene rings is 1. The van der Waals surface area contributed by atoms with Gasteiger partial charge >= 0.3 is 5.97 Å². The molecule has 1 saturated carbocycles. The number of hydrogen-bond donors (Lipinski definition) is 2. The minimum Gasteiger partial charge on any atom is -0.481 e. The zero-order valence-corrected chi connectivity index (χ0v) is 12.7. The number of hydrogen-bond acceptors (Lipinski definition) is 2. The summed E-state index contributed by atoms with van der Waals surface area (Å²) in [6.45, 7) is 0. The van der Waals surface area contributed by atoms with Gasteiger partial charge in [-0.2, -0.15) is 0 Å². The molecule has 20 heavy (non-hydrogen) atoms. The topological polar surface area (TPSA) is 66.4 Å². The summed E-state index contributed by atoms with van der Waals surface area (Å²) in [5.74, 6) is -3.14. The predicted molar refractivity (Wildman–Crippen MR) is 76.2 cm³/mol. The third-order valence-corrected chi connectivity index (χ3v) is 4.35. The predicted octanol–water partition coefficient (Wildman–Crippen LogP) is 3.68. The van der Waals surface area contributed by atoms with E-state index in [1.807, 2.05) is 0 Å². The van der Waals surface area contributed by atoms with Gasteiger partial charge in [0.25, 0.3) is 0 Å². The van der Waals surface area contributed by atoms with Crippen LogP contribution in [0.5, 0.6) is 0 Å². The minimum atomic E-state index is -0.966. The molecule has 0 heterocycles. The Bertz CT molecular complexity index is 544. The Balaban J connectivity index is 2.18. The van der Waals surface area contributed by atoms with E-state index >= 15 is 0 Å². The summed E-state index contributed by atoms with van der Waals surface area (Å²) in [4.78, 5) is 23.3. The zero-order chi connectivity index (χ0) is 14.9. The highest BCUT2D eigenvalue weighted by atomic mass is 79.9. The second-order valence-corrected chi connectivity index (χ2v) is 5.98. The van der Waals surface area contributed by atoms with Crippen LogP contribution in [-0.2, 0) is 9.59 Å². The van der Waals surface area contributed by atoms with Gasteiger partial charge in [0, 0.05) is 4.47 Å². The third-order valence-electron chi connectivity index (χ3n) is 3.43. The average molecular weight is 365 g/mol. The van der Waals surface area contributed by atoms with E-state index in [9.17, 15) is 14.0 Å². The maximum Gasteiger partial charge on any atom is 0.307 e. The van der Waals surface area contributed by atoms with Crippen LogP contribution in [0.1, 0.15) is 19.3 Å². The molecule has 0 radical (unpaired) electrons. The molecule has 0 bridgehead atoms. The Morgan fingerprint density at radius 2 is 2.00 bits per heavy atom. The molecular weight excluding hydrogens is 353 g/mol. The standard InChI is InChI=1S/C13H12BrClFNO3/c14-9-4-6(16)5-10(15)11(9)17-12(18)7-2-1-3-8(7)13(19)20/h4-5,7-8H,1-3H2,(H,17,18)(H,19,20). The largest absolute Gasteiger partial charge is 0.481 e. The Labute approximate surface area is 128 Å². The number of amides is 1. The minimum absolute atomic E-state index is 0.0649. The molecule has 2 atom stereocenters.